The lowest BCUT2D eigenvalue weighted by molar-refractivity contribution is -0.384. The summed E-state index contributed by atoms with van der Waals surface area (Å²) < 4.78 is 5.40. The number of hydrogen-bond donors (Lipinski definition) is 3. The van der Waals surface area contributed by atoms with E-state index in [1.54, 1.807) is 6.20 Å². The van der Waals surface area contributed by atoms with Crippen LogP contribution in [-0.4, -0.2) is 20.1 Å². The highest BCUT2D eigenvalue weighted by Crippen LogP contribution is 2.24. The van der Waals surface area contributed by atoms with Gasteiger partial charge in [0.2, 0.25) is 0 Å². The highest BCUT2D eigenvalue weighted by Gasteiger charge is 2.12. The molecule has 0 aliphatic rings. The molecule has 0 amide bonds. The number of aromatic nitrogens is 3. The Hall–Kier alpha value is -3.10. The van der Waals surface area contributed by atoms with Gasteiger partial charge in [0.1, 0.15) is 11.3 Å². The summed E-state index contributed by atoms with van der Waals surface area (Å²) in [5.74, 6) is 0.462. The molecule has 3 aromatic rings. The number of nitrogen functional groups attached to an aromatic ring is 1. The van der Waals surface area contributed by atoms with Crippen LogP contribution in [0.4, 0.5) is 17.5 Å². The van der Waals surface area contributed by atoms with Crippen LogP contribution >= 0.6 is 0 Å². The van der Waals surface area contributed by atoms with Crippen LogP contribution in [0.3, 0.4) is 0 Å². The van der Waals surface area contributed by atoms with Crippen molar-refractivity contribution in [2.24, 2.45) is 0 Å². The standard InChI is InChI=1S/C11H10N6O3/c12-10-6(5-14-16-10)4-13-11-15-8-2-1-7(17(18)19)3-9(8)20-11/h1-3,5H,4H2,(H,13,15)(H3,12,14,16). The van der Waals surface area contributed by atoms with Crippen molar-refractivity contribution in [2.45, 2.75) is 6.54 Å². The predicted octanol–water partition coefficient (Wildman–Crippen LogP) is 1.65. The molecule has 0 atom stereocenters. The van der Waals surface area contributed by atoms with Gasteiger partial charge < -0.3 is 15.5 Å². The van der Waals surface area contributed by atoms with Gasteiger partial charge in [-0.3, -0.25) is 15.2 Å². The number of H-pyrrole nitrogens is 1. The van der Waals surface area contributed by atoms with E-state index in [0.717, 1.165) is 5.56 Å². The number of nitrogens with zero attached hydrogens (tertiary/aromatic N) is 3. The lowest BCUT2D eigenvalue weighted by atomic mass is 10.3. The second-order valence-electron chi connectivity index (χ2n) is 4.09. The molecule has 102 valence electrons. The maximum atomic E-state index is 10.7. The van der Waals surface area contributed by atoms with Crippen molar-refractivity contribution >= 4 is 28.6 Å². The molecule has 0 saturated heterocycles. The van der Waals surface area contributed by atoms with E-state index in [1.165, 1.54) is 18.2 Å². The van der Waals surface area contributed by atoms with Gasteiger partial charge >= 0.3 is 0 Å². The zero-order chi connectivity index (χ0) is 14.1. The third kappa shape index (κ3) is 2.11. The molecular formula is C11H10N6O3. The fraction of sp³-hybridized carbons (Fsp3) is 0.0909. The number of rotatable bonds is 4. The Balaban J connectivity index is 1.82. The van der Waals surface area contributed by atoms with E-state index in [2.05, 4.69) is 20.5 Å². The summed E-state index contributed by atoms with van der Waals surface area (Å²) in [7, 11) is 0. The van der Waals surface area contributed by atoms with E-state index in [0.29, 0.717) is 23.5 Å². The zero-order valence-corrected chi connectivity index (χ0v) is 10.2. The summed E-state index contributed by atoms with van der Waals surface area (Å²) in [5.41, 5.74) is 7.27. The minimum absolute atomic E-state index is 0.0423. The normalized spacial score (nSPS) is 10.8. The molecule has 0 aliphatic heterocycles. The lowest BCUT2D eigenvalue weighted by Crippen LogP contribution is -2.01. The topological polar surface area (TPSA) is 136 Å². The summed E-state index contributed by atoms with van der Waals surface area (Å²) >= 11 is 0. The van der Waals surface area contributed by atoms with Crippen molar-refractivity contribution < 1.29 is 9.34 Å². The number of nitrogens with one attached hydrogen (secondary N) is 2. The van der Waals surface area contributed by atoms with Gasteiger partial charge in [-0.25, -0.2) is 0 Å². The Bertz CT molecular complexity index is 777. The second kappa shape index (κ2) is 4.53. The van der Waals surface area contributed by atoms with Crippen LogP contribution < -0.4 is 11.1 Å². The third-order valence-electron chi connectivity index (χ3n) is 2.76. The van der Waals surface area contributed by atoms with Gasteiger partial charge in [-0.1, -0.05) is 0 Å². The SMILES string of the molecule is Nc1[nH]ncc1CNc1nc2ccc([N+](=O)[O-])cc2o1. The molecule has 0 fully saturated rings. The first-order valence-electron chi connectivity index (χ1n) is 5.70. The largest absolute Gasteiger partial charge is 0.423 e. The first kappa shape index (κ1) is 12.0. The second-order valence-corrected chi connectivity index (χ2v) is 4.09. The van der Waals surface area contributed by atoms with Crippen molar-refractivity contribution in [3.8, 4) is 0 Å². The molecule has 0 bridgehead atoms. The molecular weight excluding hydrogens is 264 g/mol. The number of anilines is 2. The first-order valence-corrected chi connectivity index (χ1v) is 5.70. The van der Waals surface area contributed by atoms with E-state index in [1.807, 2.05) is 0 Å². The van der Waals surface area contributed by atoms with Crippen molar-refractivity contribution in [1.82, 2.24) is 15.2 Å². The molecule has 9 nitrogen and oxygen atoms in total. The summed E-state index contributed by atoms with van der Waals surface area (Å²) in [4.78, 5) is 14.4. The van der Waals surface area contributed by atoms with Crippen LogP contribution in [0.2, 0.25) is 0 Å². The Labute approximate surface area is 111 Å². The molecule has 3 rings (SSSR count). The molecule has 2 aromatic heterocycles. The number of aromatic amines is 1. The smallest absolute Gasteiger partial charge is 0.295 e. The molecule has 9 heteroatoms. The third-order valence-corrected chi connectivity index (χ3v) is 2.76. The van der Waals surface area contributed by atoms with E-state index in [-0.39, 0.29) is 11.7 Å². The molecule has 4 N–H and O–H groups in total. The lowest BCUT2D eigenvalue weighted by Gasteiger charge is -1.98. The Morgan fingerprint density at radius 3 is 3.05 bits per heavy atom. The van der Waals surface area contributed by atoms with Gasteiger partial charge in [-0.05, 0) is 6.07 Å². The number of fused-ring (bicyclic) bond motifs is 1. The van der Waals surface area contributed by atoms with Gasteiger partial charge in [-0.15, -0.1) is 0 Å². The quantitative estimate of drug-likeness (QED) is 0.486. The van der Waals surface area contributed by atoms with E-state index in [9.17, 15) is 10.1 Å². The number of oxazole rings is 1. The molecule has 0 radical (unpaired) electrons. The van der Waals surface area contributed by atoms with Crippen molar-refractivity contribution in [3.63, 3.8) is 0 Å². The average molecular weight is 274 g/mol. The molecule has 0 saturated carbocycles. The van der Waals surface area contributed by atoms with Crippen LogP contribution in [0.25, 0.3) is 11.1 Å². The highest BCUT2D eigenvalue weighted by molar-refractivity contribution is 5.77. The van der Waals surface area contributed by atoms with Crippen molar-refractivity contribution in [1.29, 1.82) is 0 Å². The van der Waals surface area contributed by atoms with Gasteiger partial charge in [-0.2, -0.15) is 10.1 Å². The van der Waals surface area contributed by atoms with Gasteiger partial charge in [0.05, 0.1) is 17.2 Å². The summed E-state index contributed by atoms with van der Waals surface area (Å²) in [6, 6.07) is 4.51. The van der Waals surface area contributed by atoms with E-state index >= 15 is 0 Å². The highest BCUT2D eigenvalue weighted by atomic mass is 16.6. The maximum Gasteiger partial charge on any atom is 0.295 e. The van der Waals surface area contributed by atoms with Crippen LogP contribution in [0, 0.1) is 10.1 Å². The molecule has 0 aliphatic carbocycles. The molecule has 0 spiro atoms. The summed E-state index contributed by atoms with van der Waals surface area (Å²) in [6.07, 6.45) is 1.59. The maximum absolute atomic E-state index is 10.7. The summed E-state index contributed by atoms with van der Waals surface area (Å²) in [6.45, 7) is 0.386. The number of nitro benzene ring substituents is 1. The fourth-order valence-corrected chi connectivity index (χ4v) is 1.74. The molecule has 1 aromatic carbocycles. The van der Waals surface area contributed by atoms with Crippen molar-refractivity contribution in [3.05, 3.63) is 40.1 Å². The molecule has 20 heavy (non-hydrogen) atoms. The predicted molar refractivity (Wildman–Crippen MR) is 71.0 cm³/mol. The zero-order valence-electron chi connectivity index (χ0n) is 10.2. The Morgan fingerprint density at radius 2 is 2.35 bits per heavy atom. The van der Waals surface area contributed by atoms with E-state index < -0.39 is 4.92 Å². The monoisotopic (exact) mass is 274 g/mol. The number of nitro groups is 1. The van der Waals surface area contributed by atoms with Crippen LogP contribution in [-0.2, 0) is 6.54 Å². The number of hydrogen-bond acceptors (Lipinski definition) is 7. The van der Waals surface area contributed by atoms with Crippen molar-refractivity contribution in [2.75, 3.05) is 11.1 Å². The van der Waals surface area contributed by atoms with Crippen LogP contribution in [0.15, 0.2) is 28.8 Å². The van der Waals surface area contributed by atoms with Gasteiger partial charge in [0.15, 0.2) is 5.58 Å². The Kier molecular flexibility index (Phi) is 2.71. The summed E-state index contributed by atoms with van der Waals surface area (Å²) in [5, 5.41) is 20.0. The number of nitrogens with two attached hydrogens (primary N) is 1. The average Bonchev–Trinajstić information content (AvgIpc) is 3.00. The number of benzene rings is 1. The van der Waals surface area contributed by atoms with Gasteiger partial charge in [0, 0.05) is 18.2 Å². The minimum Gasteiger partial charge on any atom is -0.423 e. The van der Waals surface area contributed by atoms with Crippen LogP contribution in [0.5, 0.6) is 0 Å². The fourth-order valence-electron chi connectivity index (χ4n) is 1.74. The van der Waals surface area contributed by atoms with Gasteiger partial charge in [0.25, 0.3) is 11.7 Å². The van der Waals surface area contributed by atoms with Crippen LogP contribution in [0.1, 0.15) is 5.56 Å². The molecule has 2 heterocycles. The first-order chi connectivity index (χ1) is 9.63. The number of non-ortho nitro benzene ring substituents is 1. The minimum atomic E-state index is -0.485. The van der Waals surface area contributed by atoms with E-state index in [4.69, 9.17) is 10.2 Å². The molecule has 0 unspecified atom stereocenters. The Morgan fingerprint density at radius 1 is 1.50 bits per heavy atom.